The first-order valence-electron chi connectivity index (χ1n) is 3.65. The van der Waals surface area contributed by atoms with Gasteiger partial charge in [0.2, 0.25) is 10.0 Å². The van der Waals surface area contributed by atoms with E-state index >= 15 is 0 Å². The van der Waals surface area contributed by atoms with Crippen LogP contribution in [0.15, 0.2) is 0 Å². The Labute approximate surface area is 70.6 Å². The van der Waals surface area contributed by atoms with E-state index in [0.29, 0.717) is 12.8 Å². The number of carbonyl (C=O) groups is 1. The van der Waals surface area contributed by atoms with E-state index in [-0.39, 0.29) is 6.42 Å². The fourth-order valence-corrected chi connectivity index (χ4v) is 2.43. The predicted octanol–water partition coefficient (Wildman–Crippen LogP) is -0.472. The first-order valence-corrected chi connectivity index (χ1v) is 5.26. The molecule has 0 aliphatic heterocycles. The number of hydrogen-bond acceptors (Lipinski definition) is 3. The van der Waals surface area contributed by atoms with Crippen molar-refractivity contribution in [2.75, 3.05) is 0 Å². The Hall–Kier alpha value is -0.620. The predicted molar refractivity (Wildman–Crippen MR) is 41.9 cm³/mol. The zero-order valence-electron chi connectivity index (χ0n) is 6.43. The molecule has 0 aromatic carbocycles. The lowest BCUT2D eigenvalue weighted by Crippen LogP contribution is -2.26. The summed E-state index contributed by atoms with van der Waals surface area (Å²) < 4.78 is 21.6. The molecule has 5 nitrogen and oxygen atoms in total. The lowest BCUT2D eigenvalue weighted by molar-refractivity contribution is -0.141. The molecule has 3 N–H and O–H groups in total. The second-order valence-corrected chi connectivity index (χ2v) is 4.90. The molecule has 70 valence electrons. The van der Waals surface area contributed by atoms with E-state index in [1.807, 2.05) is 0 Å². The Morgan fingerprint density at radius 2 is 2.00 bits per heavy atom. The average molecular weight is 193 g/mol. The summed E-state index contributed by atoms with van der Waals surface area (Å²) in [7, 11) is -3.53. The second-order valence-electron chi connectivity index (χ2n) is 3.06. The van der Waals surface area contributed by atoms with Gasteiger partial charge in [0.05, 0.1) is 11.2 Å². The van der Waals surface area contributed by atoms with Crippen molar-refractivity contribution in [3.8, 4) is 0 Å². The standard InChI is InChI=1S/C6H11NO4S/c7-12(10,11)5-2-1-4(3-5)6(8)9/h4-5H,1-3H2,(H,8,9)(H2,7,10,11). The van der Waals surface area contributed by atoms with Gasteiger partial charge in [0.25, 0.3) is 0 Å². The van der Waals surface area contributed by atoms with Crippen LogP contribution in [-0.2, 0) is 14.8 Å². The summed E-state index contributed by atoms with van der Waals surface area (Å²) in [6, 6.07) is 0. The van der Waals surface area contributed by atoms with Gasteiger partial charge in [0.15, 0.2) is 0 Å². The van der Waals surface area contributed by atoms with Gasteiger partial charge in [-0.3, -0.25) is 4.79 Å². The van der Waals surface area contributed by atoms with Crippen LogP contribution in [0.2, 0.25) is 0 Å². The zero-order valence-corrected chi connectivity index (χ0v) is 7.25. The molecule has 0 spiro atoms. The Bertz CT molecular complexity index is 284. The van der Waals surface area contributed by atoms with Gasteiger partial charge in [-0.15, -0.1) is 0 Å². The molecule has 0 aromatic heterocycles. The molecule has 1 aliphatic rings. The summed E-state index contributed by atoms with van der Waals surface area (Å²) in [5.41, 5.74) is 0. The maximum Gasteiger partial charge on any atom is 0.306 e. The zero-order chi connectivity index (χ0) is 9.35. The molecule has 0 heterocycles. The van der Waals surface area contributed by atoms with Gasteiger partial charge in [-0.05, 0) is 19.3 Å². The molecule has 1 aliphatic carbocycles. The Kier molecular flexibility index (Phi) is 2.39. The number of carboxylic acid groups (broad SMARTS) is 1. The number of nitrogens with two attached hydrogens (primary N) is 1. The maximum absolute atomic E-state index is 10.8. The highest BCUT2D eigenvalue weighted by atomic mass is 32.2. The second kappa shape index (κ2) is 3.02. The highest BCUT2D eigenvalue weighted by molar-refractivity contribution is 7.89. The van der Waals surface area contributed by atoms with Crippen LogP contribution >= 0.6 is 0 Å². The first kappa shape index (κ1) is 9.47. The van der Waals surface area contributed by atoms with Crippen LogP contribution in [0.1, 0.15) is 19.3 Å². The van der Waals surface area contributed by atoms with E-state index in [1.165, 1.54) is 0 Å². The van der Waals surface area contributed by atoms with Gasteiger partial charge >= 0.3 is 5.97 Å². The molecule has 0 bridgehead atoms. The normalized spacial score (nSPS) is 30.4. The van der Waals surface area contributed by atoms with E-state index in [9.17, 15) is 13.2 Å². The summed E-state index contributed by atoms with van der Waals surface area (Å²) in [4.78, 5) is 10.4. The number of rotatable bonds is 2. The number of sulfonamides is 1. The van der Waals surface area contributed by atoms with Crippen LogP contribution in [0.5, 0.6) is 0 Å². The van der Waals surface area contributed by atoms with Crippen molar-refractivity contribution in [3.05, 3.63) is 0 Å². The largest absolute Gasteiger partial charge is 0.481 e. The molecule has 1 saturated carbocycles. The van der Waals surface area contributed by atoms with Crippen molar-refractivity contribution in [3.63, 3.8) is 0 Å². The Morgan fingerprint density at radius 3 is 2.25 bits per heavy atom. The molecule has 1 rings (SSSR count). The maximum atomic E-state index is 10.8. The smallest absolute Gasteiger partial charge is 0.306 e. The number of aliphatic carboxylic acids is 1. The molecule has 2 atom stereocenters. The molecular weight excluding hydrogens is 182 g/mol. The average Bonchev–Trinajstić information content (AvgIpc) is 2.30. The molecule has 0 saturated heterocycles. The summed E-state index contributed by atoms with van der Waals surface area (Å²) in [6.07, 6.45) is 0.945. The fourth-order valence-electron chi connectivity index (χ4n) is 1.46. The van der Waals surface area contributed by atoms with Gasteiger partial charge in [-0.25, -0.2) is 13.6 Å². The molecule has 0 radical (unpaired) electrons. The van der Waals surface area contributed by atoms with Crippen molar-refractivity contribution >= 4 is 16.0 Å². The van der Waals surface area contributed by atoms with Crippen molar-refractivity contribution < 1.29 is 18.3 Å². The molecule has 2 unspecified atom stereocenters. The Morgan fingerprint density at radius 1 is 1.42 bits per heavy atom. The molecular formula is C6H11NO4S. The molecule has 12 heavy (non-hydrogen) atoms. The third-order valence-corrected chi connectivity index (χ3v) is 3.56. The van der Waals surface area contributed by atoms with Gasteiger partial charge in [-0.1, -0.05) is 0 Å². The van der Waals surface area contributed by atoms with E-state index in [1.54, 1.807) is 0 Å². The van der Waals surface area contributed by atoms with Crippen LogP contribution in [0.3, 0.4) is 0 Å². The minimum atomic E-state index is -3.53. The van der Waals surface area contributed by atoms with Crippen molar-refractivity contribution in [1.82, 2.24) is 0 Å². The molecule has 6 heteroatoms. The van der Waals surface area contributed by atoms with Crippen LogP contribution in [0.4, 0.5) is 0 Å². The SMILES string of the molecule is NS(=O)(=O)C1CCC(C(=O)O)C1. The monoisotopic (exact) mass is 193 g/mol. The molecule has 0 amide bonds. The molecule has 0 aromatic rings. The lowest BCUT2D eigenvalue weighted by atomic mass is 10.1. The highest BCUT2D eigenvalue weighted by Gasteiger charge is 2.35. The number of primary sulfonamides is 1. The molecule has 1 fully saturated rings. The third-order valence-electron chi connectivity index (χ3n) is 2.20. The van der Waals surface area contributed by atoms with Crippen LogP contribution in [0.25, 0.3) is 0 Å². The Balaban J connectivity index is 2.64. The van der Waals surface area contributed by atoms with Crippen molar-refractivity contribution in [2.45, 2.75) is 24.5 Å². The number of hydrogen-bond donors (Lipinski definition) is 2. The van der Waals surface area contributed by atoms with E-state index in [4.69, 9.17) is 10.2 Å². The van der Waals surface area contributed by atoms with E-state index in [2.05, 4.69) is 0 Å². The van der Waals surface area contributed by atoms with Crippen LogP contribution < -0.4 is 5.14 Å². The lowest BCUT2D eigenvalue weighted by Gasteiger charge is -2.05. The van der Waals surface area contributed by atoms with Gasteiger partial charge < -0.3 is 5.11 Å². The van der Waals surface area contributed by atoms with Crippen molar-refractivity contribution in [1.29, 1.82) is 0 Å². The summed E-state index contributed by atoms with van der Waals surface area (Å²) >= 11 is 0. The first-order chi connectivity index (χ1) is 5.41. The van der Waals surface area contributed by atoms with Gasteiger partial charge in [0.1, 0.15) is 0 Å². The summed E-state index contributed by atoms with van der Waals surface area (Å²) in [5, 5.41) is 12.8. The van der Waals surface area contributed by atoms with Gasteiger partial charge in [0, 0.05) is 0 Å². The fraction of sp³-hybridized carbons (Fsp3) is 0.833. The quantitative estimate of drug-likeness (QED) is 0.619. The number of carboxylic acids is 1. The van der Waals surface area contributed by atoms with E-state index in [0.717, 1.165) is 0 Å². The van der Waals surface area contributed by atoms with Crippen LogP contribution in [0, 0.1) is 5.92 Å². The minimum absolute atomic E-state index is 0.161. The summed E-state index contributed by atoms with van der Waals surface area (Å²) in [6.45, 7) is 0. The topological polar surface area (TPSA) is 97.5 Å². The van der Waals surface area contributed by atoms with Crippen LogP contribution in [-0.4, -0.2) is 24.7 Å². The van der Waals surface area contributed by atoms with Gasteiger partial charge in [-0.2, -0.15) is 0 Å². The van der Waals surface area contributed by atoms with E-state index < -0.39 is 27.2 Å². The highest BCUT2D eigenvalue weighted by Crippen LogP contribution is 2.29. The van der Waals surface area contributed by atoms with Crippen molar-refractivity contribution in [2.24, 2.45) is 11.1 Å². The third kappa shape index (κ3) is 1.95. The minimum Gasteiger partial charge on any atom is -0.481 e. The summed E-state index contributed by atoms with van der Waals surface area (Å²) in [5.74, 6) is -1.46.